The van der Waals surface area contributed by atoms with Crippen LogP contribution in [0, 0.1) is 0 Å². The van der Waals surface area contributed by atoms with Gasteiger partial charge in [0.2, 0.25) is 0 Å². The Kier molecular flexibility index (Phi) is 3.37. The predicted octanol–water partition coefficient (Wildman–Crippen LogP) is 1.74. The van der Waals surface area contributed by atoms with Crippen LogP contribution in [-0.4, -0.2) is 25.1 Å². The van der Waals surface area contributed by atoms with Crippen LogP contribution in [0.1, 0.15) is 36.6 Å². The molecule has 90 valence electrons. The highest BCUT2D eigenvalue weighted by Gasteiger charge is 2.09. The van der Waals surface area contributed by atoms with Crippen molar-refractivity contribution in [2.45, 2.75) is 33.4 Å². The van der Waals surface area contributed by atoms with Crippen molar-refractivity contribution >= 4 is 5.78 Å². The second-order valence-corrected chi connectivity index (χ2v) is 3.98. The maximum absolute atomic E-state index is 11.4. The summed E-state index contributed by atoms with van der Waals surface area (Å²) in [6, 6.07) is 3.69. The van der Waals surface area contributed by atoms with Gasteiger partial charge < -0.3 is 4.57 Å². The molecule has 5 nitrogen and oxygen atoms in total. The van der Waals surface area contributed by atoms with Crippen molar-refractivity contribution in [1.29, 1.82) is 0 Å². The quantitative estimate of drug-likeness (QED) is 0.738. The Balaban J connectivity index is 2.22. The molecule has 0 saturated heterocycles. The summed E-state index contributed by atoms with van der Waals surface area (Å²) in [5.41, 5.74) is 0.705. The highest BCUT2D eigenvalue weighted by molar-refractivity contribution is 5.92. The summed E-state index contributed by atoms with van der Waals surface area (Å²) in [4.78, 5) is 15.6. The van der Waals surface area contributed by atoms with E-state index in [2.05, 4.69) is 17.0 Å². The molecule has 2 rings (SSSR count). The number of nitrogens with zero attached hydrogens (tertiary/aromatic N) is 4. The summed E-state index contributed by atoms with van der Waals surface area (Å²) >= 11 is 0. The average molecular weight is 232 g/mol. The van der Waals surface area contributed by atoms with Crippen LogP contribution in [-0.2, 0) is 13.1 Å². The SMILES string of the molecule is CCCn1ncnc1Cn1cccc1C(C)=O. The second-order valence-electron chi connectivity index (χ2n) is 3.98. The lowest BCUT2D eigenvalue weighted by atomic mass is 10.3. The minimum Gasteiger partial charge on any atom is -0.337 e. The molecule has 0 spiro atoms. The summed E-state index contributed by atoms with van der Waals surface area (Å²) in [5.74, 6) is 0.946. The molecule has 0 amide bonds. The van der Waals surface area contributed by atoms with Crippen molar-refractivity contribution < 1.29 is 4.79 Å². The lowest BCUT2D eigenvalue weighted by Gasteiger charge is -2.08. The van der Waals surface area contributed by atoms with Gasteiger partial charge in [-0.05, 0) is 18.6 Å². The molecule has 2 aromatic rings. The van der Waals surface area contributed by atoms with Crippen LogP contribution in [0.2, 0.25) is 0 Å². The molecule has 0 saturated carbocycles. The number of rotatable bonds is 5. The van der Waals surface area contributed by atoms with Crippen LogP contribution in [0.25, 0.3) is 0 Å². The van der Waals surface area contributed by atoms with Crippen LogP contribution in [0.15, 0.2) is 24.7 Å². The Morgan fingerprint density at radius 1 is 1.47 bits per heavy atom. The van der Waals surface area contributed by atoms with Gasteiger partial charge in [-0.1, -0.05) is 6.92 Å². The number of hydrogen-bond acceptors (Lipinski definition) is 3. The summed E-state index contributed by atoms with van der Waals surface area (Å²) in [6.07, 6.45) is 4.46. The van der Waals surface area contributed by atoms with E-state index in [9.17, 15) is 4.79 Å². The average Bonchev–Trinajstić information content (AvgIpc) is 2.89. The molecule has 0 aliphatic rings. The second kappa shape index (κ2) is 4.95. The Labute approximate surface area is 100 Å². The van der Waals surface area contributed by atoms with Crippen molar-refractivity contribution in [3.8, 4) is 0 Å². The van der Waals surface area contributed by atoms with E-state index >= 15 is 0 Å². The van der Waals surface area contributed by atoms with Crippen molar-refractivity contribution in [2.75, 3.05) is 0 Å². The predicted molar refractivity (Wildman–Crippen MR) is 63.9 cm³/mol. The van der Waals surface area contributed by atoms with Crippen molar-refractivity contribution in [1.82, 2.24) is 19.3 Å². The molecule has 2 heterocycles. The monoisotopic (exact) mass is 232 g/mol. The van der Waals surface area contributed by atoms with Gasteiger partial charge in [0.25, 0.3) is 0 Å². The lowest BCUT2D eigenvalue weighted by molar-refractivity contribution is 0.100. The summed E-state index contributed by atoms with van der Waals surface area (Å²) in [6.45, 7) is 5.11. The first-order chi connectivity index (χ1) is 8.22. The molecule has 0 radical (unpaired) electrons. The molecule has 0 aliphatic heterocycles. The van der Waals surface area contributed by atoms with E-state index in [1.54, 1.807) is 13.3 Å². The Bertz CT molecular complexity index is 512. The zero-order valence-electron chi connectivity index (χ0n) is 10.1. The van der Waals surface area contributed by atoms with Crippen molar-refractivity contribution in [3.05, 3.63) is 36.2 Å². The van der Waals surface area contributed by atoms with E-state index in [-0.39, 0.29) is 5.78 Å². The fourth-order valence-corrected chi connectivity index (χ4v) is 1.83. The standard InChI is InChI=1S/C12H16N4O/c1-3-6-16-12(13-9-14-16)8-15-7-4-5-11(15)10(2)17/h4-5,7,9H,3,6,8H2,1-2H3. The van der Waals surface area contributed by atoms with Gasteiger partial charge >= 0.3 is 0 Å². The van der Waals surface area contributed by atoms with Gasteiger partial charge in [0.1, 0.15) is 12.2 Å². The van der Waals surface area contributed by atoms with Gasteiger partial charge in [0.05, 0.1) is 12.2 Å². The molecule has 0 bridgehead atoms. The van der Waals surface area contributed by atoms with Crippen LogP contribution in [0.3, 0.4) is 0 Å². The topological polar surface area (TPSA) is 52.7 Å². The van der Waals surface area contributed by atoms with Gasteiger partial charge in [-0.3, -0.25) is 4.79 Å². The molecule has 0 aliphatic carbocycles. The number of aromatic nitrogens is 4. The number of Topliss-reactive ketones (excluding diaryl/α,β-unsaturated/α-hetero) is 1. The Hall–Kier alpha value is -1.91. The smallest absolute Gasteiger partial charge is 0.176 e. The van der Waals surface area contributed by atoms with E-state index in [4.69, 9.17) is 0 Å². The highest BCUT2D eigenvalue weighted by Crippen LogP contribution is 2.07. The summed E-state index contributed by atoms with van der Waals surface area (Å²) in [7, 11) is 0. The molecule has 5 heteroatoms. The first-order valence-electron chi connectivity index (χ1n) is 5.75. The fraction of sp³-hybridized carbons (Fsp3) is 0.417. The van der Waals surface area contributed by atoms with Gasteiger partial charge in [-0.2, -0.15) is 5.10 Å². The molecular weight excluding hydrogens is 216 g/mol. The lowest BCUT2D eigenvalue weighted by Crippen LogP contribution is -2.12. The van der Waals surface area contributed by atoms with Gasteiger partial charge in [-0.15, -0.1) is 0 Å². The van der Waals surface area contributed by atoms with E-state index in [0.717, 1.165) is 18.8 Å². The van der Waals surface area contributed by atoms with E-state index < -0.39 is 0 Å². The molecular formula is C12H16N4O. The third kappa shape index (κ3) is 2.43. The number of aryl methyl sites for hydroxylation is 1. The van der Waals surface area contributed by atoms with E-state index in [0.29, 0.717) is 12.2 Å². The number of carbonyl (C=O) groups is 1. The molecule has 0 aromatic carbocycles. The van der Waals surface area contributed by atoms with Crippen LogP contribution < -0.4 is 0 Å². The summed E-state index contributed by atoms with van der Waals surface area (Å²) < 4.78 is 3.78. The van der Waals surface area contributed by atoms with Crippen molar-refractivity contribution in [2.24, 2.45) is 0 Å². The zero-order chi connectivity index (χ0) is 12.3. The molecule has 17 heavy (non-hydrogen) atoms. The third-order valence-corrected chi connectivity index (χ3v) is 2.63. The number of hydrogen-bond donors (Lipinski definition) is 0. The minimum atomic E-state index is 0.0663. The van der Waals surface area contributed by atoms with Crippen LogP contribution in [0.4, 0.5) is 0 Å². The minimum absolute atomic E-state index is 0.0663. The zero-order valence-corrected chi connectivity index (χ0v) is 10.1. The molecule has 0 fully saturated rings. The number of ketones is 1. The van der Waals surface area contributed by atoms with Crippen LogP contribution >= 0.6 is 0 Å². The maximum atomic E-state index is 11.4. The molecule has 0 N–H and O–H groups in total. The van der Waals surface area contributed by atoms with Gasteiger partial charge in [-0.25, -0.2) is 9.67 Å². The molecule has 2 aromatic heterocycles. The Morgan fingerprint density at radius 2 is 2.29 bits per heavy atom. The first-order valence-corrected chi connectivity index (χ1v) is 5.75. The van der Waals surface area contributed by atoms with Gasteiger partial charge in [0.15, 0.2) is 5.78 Å². The third-order valence-electron chi connectivity index (χ3n) is 2.63. The maximum Gasteiger partial charge on any atom is 0.176 e. The van der Waals surface area contributed by atoms with E-state index in [1.807, 2.05) is 27.6 Å². The Morgan fingerprint density at radius 3 is 3.00 bits per heavy atom. The molecule has 0 atom stereocenters. The normalized spacial score (nSPS) is 10.7. The van der Waals surface area contributed by atoms with E-state index in [1.165, 1.54) is 0 Å². The summed E-state index contributed by atoms with van der Waals surface area (Å²) in [5, 5.41) is 4.17. The van der Waals surface area contributed by atoms with Crippen LogP contribution in [0.5, 0.6) is 0 Å². The fourth-order valence-electron chi connectivity index (χ4n) is 1.83. The highest BCUT2D eigenvalue weighted by atomic mass is 16.1. The van der Waals surface area contributed by atoms with Crippen molar-refractivity contribution in [3.63, 3.8) is 0 Å². The van der Waals surface area contributed by atoms with Gasteiger partial charge in [0, 0.05) is 19.7 Å². The first kappa shape index (κ1) is 11.6. The largest absolute Gasteiger partial charge is 0.337 e. The number of carbonyl (C=O) groups excluding carboxylic acids is 1. The molecule has 0 unspecified atom stereocenters.